The third-order valence-electron chi connectivity index (χ3n) is 5.07. The van der Waals surface area contributed by atoms with Crippen molar-refractivity contribution < 1.29 is 28.6 Å². The number of aliphatic hydroxyl groups excluding tert-OH is 1. The van der Waals surface area contributed by atoms with E-state index in [9.17, 15) is 19.1 Å². The van der Waals surface area contributed by atoms with Crippen LogP contribution in [0.2, 0.25) is 0 Å². The van der Waals surface area contributed by atoms with Crippen LogP contribution in [0.3, 0.4) is 0 Å². The van der Waals surface area contributed by atoms with E-state index in [4.69, 9.17) is 9.47 Å². The third-order valence-corrected chi connectivity index (χ3v) is 5.07. The van der Waals surface area contributed by atoms with Crippen molar-refractivity contribution in [2.24, 2.45) is 0 Å². The van der Waals surface area contributed by atoms with E-state index in [1.54, 1.807) is 32.2 Å². The number of carbonyl (C=O) groups excluding carboxylic acids is 2. The van der Waals surface area contributed by atoms with Gasteiger partial charge >= 0.3 is 5.97 Å². The summed E-state index contributed by atoms with van der Waals surface area (Å²) in [5.74, 6) is -0.505. The fourth-order valence-electron chi connectivity index (χ4n) is 3.62. The summed E-state index contributed by atoms with van der Waals surface area (Å²) in [5.41, 5.74) is 4.37. The van der Waals surface area contributed by atoms with Crippen LogP contribution < -0.4 is 4.74 Å². The molecule has 6 heteroatoms. The second kappa shape index (κ2) is 11.6. The van der Waals surface area contributed by atoms with Gasteiger partial charge in [0.2, 0.25) is 0 Å². The van der Waals surface area contributed by atoms with Crippen molar-refractivity contribution in [3.63, 3.8) is 0 Å². The maximum atomic E-state index is 13.5. The minimum Gasteiger partial charge on any atom is -0.496 e. The number of halogens is 1. The van der Waals surface area contributed by atoms with Gasteiger partial charge in [0.1, 0.15) is 23.8 Å². The summed E-state index contributed by atoms with van der Waals surface area (Å²) < 4.78 is 24.0. The maximum absolute atomic E-state index is 13.5. The molecule has 0 aliphatic rings. The van der Waals surface area contributed by atoms with Crippen LogP contribution >= 0.6 is 0 Å². The Bertz CT molecular complexity index is 977. The quantitative estimate of drug-likeness (QED) is 0.403. The molecule has 32 heavy (non-hydrogen) atoms. The Kier molecular flexibility index (Phi) is 9.14. The van der Waals surface area contributed by atoms with Gasteiger partial charge in [-0.1, -0.05) is 44.2 Å². The second-order valence-corrected chi connectivity index (χ2v) is 7.92. The summed E-state index contributed by atoms with van der Waals surface area (Å²) >= 11 is 0. The molecule has 0 fully saturated rings. The minimum absolute atomic E-state index is 0.168. The van der Waals surface area contributed by atoms with Gasteiger partial charge in [0.05, 0.1) is 19.8 Å². The van der Waals surface area contributed by atoms with Crippen LogP contribution in [0, 0.1) is 12.7 Å². The van der Waals surface area contributed by atoms with Crippen molar-refractivity contribution in [2.75, 3.05) is 13.7 Å². The number of rotatable bonds is 10. The normalized spacial score (nSPS) is 12.2. The molecule has 0 saturated heterocycles. The van der Waals surface area contributed by atoms with Crippen LogP contribution in [-0.4, -0.2) is 36.7 Å². The van der Waals surface area contributed by atoms with Crippen LogP contribution in [0.4, 0.5) is 4.39 Å². The molecule has 2 aromatic carbocycles. The molecule has 5 nitrogen and oxygen atoms in total. The number of hydrogen-bond donors (Lipinski definition) is 1. The summed E-state index contributed by atoms with van der Waals surface area (Å²) in [7, 11) is 1.58. The number of esters is 1. The lowest BCUT2D eigenvalue weighted by Crippen LogP contribution is -2.16. The number of hydrogen-bond acceptors (Lipinski definition) is 5. The van der Waals surface area contributed by atoms with E-state index in [-0.39, 0.29) is 31.2 Å². The highest BCUT2D eigenvalue weighted by atomic mass is 19.1. The highest BCUT2D eigenvalue weighted by Gasteiger charge is 2.20. The fraction of sp³-hybridized carbons (Fsp3) is 0.385. The van der Waals surface area contributed by atoms with E-state index in [0.29, 0.717) is 5.75 Å². The molecule has 0 aromatic heterocycles. The second-order valence-electron chi connectivity index (χ2n) is 7.92. The standard InChI is InChI=1S/C26H31FO5/c1-6-32-24(30)15-21(29)14-20(28)11-12-22-23(16(2)3)13-17(4)26(31-5)25(22)18-7-9-19(27)10-8-18/h7-13,16,20,28H,6,14-15H2,1-5H3/b12-11+. The molecule has 1 atom stereocenters. The van der Waals surface area contributed by atoms with Gasteiger partial charge in [0, 0.05) is 12.0 Å². The van der Waals surface area contributed by atoms with Crippen molar-refractivity contribution in [3.05, 3.63) is 58.9 Å². The Morgan fingerprint density at radius 3 is 2.41 bits per heavy atom. The zero-order valence-electron chi connectivity index (χ0n) is 19.3. The van der Waals surface area contributed by atoms with Crippen LogP contribution in [0.1, 0.15) is 56.2 Å². The van der Waals surface area contributed by atoms with Gasteiger partial charge in [0.15, 0.2) is 0 Å². The van der Waals surface area contributed by atoms with Crippen molar-refractivity contribution in [1.29, 1.82) is 0 Å². The summed E-state index contributed by atoms with van der Waals surface area (Å²) in [4.78, 5) is 23.5. The SMILES string of the molecule is CCOC(=O)CC(=O)CC(O)/C=C/c1c(C(C)C)cc(C)c(OC)c1-c1ccc(F)cc1. The number of carbonyl (C=O) groups is 2. The summed E-state index contributed by atoms with van der Waals surface area (Å²) in [6.07, 6.45) is 1.67. The average Bonchev–Trinajstić information content (AvgIpc) is 2.72. The number of ketones is 1. The number of aliphatic hydroxyl groups is 1. The molecule has 172 valence electrons. The number of ether oxygens (including phenoxy) is 2. The Hall–Kier alpha value is -2.99. The molecule has 0 aliphatic heterocycles. The first-order chi connectivity index (χ1) is 15.2. The summed E-state index contributed by atoms with van der Waals surface area (Å²) in [5, 5.41) is 10.4. The van der Waals surface area contributed by atoms with Gasteiger partial charge in [-0.2, -0.15) is 0 Å². The van der Waals surface area contributed by atoms with Gasteiger partial charge in [-0.15, -0.1) is 0 Å². The van der Waals surface area contributed by atoms with E-state index < -0.39 is 17.9 Å². The fourth-order valence-corrected chi connectivity index (χ4v) is 3.62. The van der Waals surface area contributed by atoms with Crippen LogP contribution in [0.15, 0.2) is 36.4 Å². The van der Waals surface area contributed by atoms with Crippen LogP contribution in [-0.2, 0) is 14.3 Å². The molecule has 0 radical (unpaired) electrons. The topological polar surface area (TPSA) is 72.8 Å². The highest BCUT2D eigenvalue weighted by Crippen LogP contribution is 2.41. The summed E-state index contributed by atoms with van der Waals surface area (Å²) in [6, 6.07) is 8.19. The number of aryl methyl sites for hydroxylation is 1. The van der Waals surface area contributed by atoms with E-state index in [1.165, 1.54) is 18.2 Å². The Morgan fingerprint density at radius 2 is 1.84 bits per heavy atom. The van der Waals surface area contributed by atoms with Crippen molar-refractivity contribution in [3.8, 4) is 16.9 Å². The molecule has 0 bridgehead atoms. The van der Waals surface area contributed by atoms with Gasteiger partial charge < -0.3 is 14.6 Å². The molecule has 2 aromatic rings. The molecular formula is C26H31FO5. The monoisotopic (exact) mass is 442 g/mol. The van der Waals surface area contributed by atoms with Crippen LogP contribution in [0.5, 0.6) is 5.75 Å². The molecule has 0 heterocycles. The van der Waals surface area contributed by atoms with Gasteiger partial charge in [0.25, 0.3) is 0 Å². The molecule has 0 amide bonds. The van der Waals surface area contributed by atoms with Crippen molar-refractivity contribution >= 4 is 17.8 Å². The molecule has 0 spiro atoms. The van der Waals surface area contributed by atoms with E-state index in [0.717, 1.165) is 27.8 Å². The molecule has 0 aliphatic carbocycles. The van der Waals surface area contributed by atoms with E-state index in [1.807, 2.05) is 13.0 Å². The molecule has 0 saturated carbocycles. The zero-order valence-corrected chi connectivity index (χ0v) is 19.3. The van der Waals surface area contributed by atoms with Gasteiger partial charge in [-0.25, -0.2) is 4.39 Å². The first kappa shape index (κ1) is 25.3. The smallest absolute Gasteiger partial charge is 0.313 e. The Balaban J connectivity index is 2.45. The van der Waals surface area contributed by atoms with Crippen LogP contribution in [0.25, 0.3) is 17.2 Å². The first-order valence-corrected chi connectivity index (χ1v) is 10.7. The lowest BCUT2D eigenvalue weighted by Gasteiger charge is -2.21. The zero-order chi connectivity index (χ0) is 23.8. The third kappa shape index (κ3) is 6.50. The average molecular weight is 443 g/mol. The molecule has 1 unspecified atom stereocenters. The predicted octanol–water partition coefficient (Wildman–Crippen LogP) is 5.22. The Labute approximate surface area is 188 Å². The number of Topliss-reactive ketones (excluding diaryl/α,β-unsaturated/α-hetero) is 1. The summed E-state index contributed by atoms with van der Waals surface area (Å²) in [6.45, 7) is 7.95. The lowest BCUT2D eigenvalue weighted by atomic mass is 9.87. The largest absolute Gasteiger partial charge is 0.496 e. The van der Waals surface area contributed by atoms with E-state index >= 15 is 0 Å². The van der Waals surface area contributed by atoms with Gasteiger partial charge in [-0.3, -0.25) is 9.59 Å². The molecular weight excluding hydrogens is 411 g/mol. The van der Waals surface area contributed by atoms with Crippen molar-refractivity contribution in [2.45, 2.75) is 52.6 Å². The first-order valence-electron chi connectivity index (χ1n) is 10.7. The predicted molar refractivity (Wildman–Crippen MR) is 123 cm³/mol. The highest BCUT2D eigenvalue weighted by molar-refractivity contribution is 5.96. The van der Waals surface area contributed by atoms with Crippen molar-refractivity contribution in [1.82, 2.24) is 0 Å². The maximum Gasteiger partial charge on any atom is 0.313 e. The Morgan fingerprint density at radius 1 is 1.19 bits per heavy atom. The minimum atomic E-state index is -1.06. The number of methoxy groups -OCH3 is 1. The lowest BCUT2D eigenvalue weighted by molar-refractivity contribution is -0.145. The molecule has 1 N–H and O–H groups in total. The van der Waals surface area contributed by atoms with E-state index in [2.05, 4.69) is 13.8 Å². The number of benzene rings is 2. The van der Waals surface area contributed by atoms with Gasteiger partial charge in [-0.05, 0) is 54.2 Å². The molecule has 2 rings (SSSR count).